The second kappa shape index (κ2) is 2.85. The Labute approximate surface area is 80.4 Å². The van der Waals surface area contributed by atoms with Crippen molar-refractivity contribution in [1.29, 1.82) is 0 Å². The molecule has 2 atom stereocenters. The van der Waals surface area contributed by atoms with Crippen LogP contribution in [-0.4, -0.2) is 11.9 Å². The molecule has 2 aliphatic rings. The summed E-state index contributed by atoms with van der Waals surface area (Å²) in [5.74, 6) is 0. The first-order valence-corrected chi connectivity index (χ1v) is 4.68. The smallest absolute Gasteiger partial charge is 0.0355 e. The lowest BCUT2D eigenvalue weighted by molar-refractivity contribution is 0.280. The number of benzene rings is 1. The van der Waals surface area contributed by atoms with E-state index >= 15 is 0 Å². The standard InChI is InChI=1S/C11H13N.CH4/c1-12-10-6-7-11(12)9-5-3-2-4-8(9)10;/h2-5,10-11H,6-7H2,1H3;1H4. The van der Waals surface area contributed by atoms with Crippen LogP contribution >= 0.6 is 0 Å². The third-order valence-electron chi connectivity index (χ3n) is 3.41. The van der Waals surface area contributed by atoms with Crippen LogP contribution in [0.4, 0.5) is 0 Å². The number of nitrogens with zero attached hydrogens (tertiary/aromatic N) is 1. The molecule has 0 saturated carbocycles. The summed E-state index contributed by atoms with van der Waals surface area (Å²) in [5.41, 5.74) is 3.16. The van der Waals surface area contributed by atoms with E-state index in [9.17, 15) is 0 Å². The van der Waals surface area contributed by atoms with E-state index in [1.54, 1.807) is 11.1 Å². The molecule has 1 aromatic carbocycles. The van der Waals surface area contributed by atoms with Gasteiger partial charge in [-0.25, -0.2) is 0 Å². The fourth-order valence-electron chi connectivity index (χ4n) is 2.81. The molecular weight excluding hydrogens is 158 g/mol. The molecule has 0 aromatic heterocycles. The zero-order chi connectivity index (χ0) is 8.13. The van der Waals surface area contributed by atoms with Gasteiger partial charge in [0.25, 0.3) is 0 Å². The molecule has 0 spiro atoms. The molecule has 1 nitrogen and oxygen atoms in total. The maximum absolute atomic E-state index is 2.52. The Balaban J connectivity index is 0.000000653. The lowest BCUT2D eigenvalue weighted by Crippen LogP contribution is -2.12. The molecule has 0 amide bonds. The lowest BCUT2D eigenvalue weighted by Gasteiger charge is -2.13. The van der Waals surface area contributed by atoms with E-state index in [-0.39, 0.29) is 7.43 Å². The van der Waals surface area contributed by atoms with Gasteiger partial charge in [-0.15, -0.1) is 0 Å². The number of rotatable bonds is 0. The Morgan fingerprint density at radius 3 is 2.00 bits per heavy atom. The normalized spacial score (nSPS) is 29.9. The molecule has 13 heavy (non-hydrogen) atoms. The molecule has 3 rings (SSSR count). The molecule has 2 aliphatic heterocycles. The van der Waals surface area contributed by atoms with E-state index in [1.165, 1.54) is 12.8 Å². The van der Waals surface area contributed by atoms with Gasteiger partial charge in [-0.05, 0) is 31.0 Å². The summed E-state index contributed by atoms with van der Waals surface area (Å²) in [4.78, 5) is 2.52. The van der Waals surface area contributed by atoms with Crippen molar-refractivity contribution in [3.05, 3.63) is 35.4 Å². The molecule has 0 aliphatic carbocycles. The number of hydrogen-bond donors (Lipinski definition) is 0. The van der Waals surface area contributed by atoms with Gasteiger partial charge < -0.3 is 0 Å². The second-order valence-corrected chi connectivity index (χ2v) is 3.90. The monoisotopic (exact) mass is 175 g/mol. The molecule has 1 saturated heterocycles. The maximum atomic E-state index is 2.52. The first kappa shape index (κ1) is 8.76. The third kappa shape index (κ3) is 0.969. The first-order valence-electron chi connectivity index (χ1n) is 4.68. The maximum Gasteiger partial charge on any atom is 0.0355 e. The fourth-order valence-corrected chi connectivity index (χ4v) is 2.81. The highest BCUT2D eigenvalue weighted by Gasteiger charge is 2.40. The molecule has 70 valence electrons. The van der Waals surface area contributed by atoms with Crippen molar-refractivity contribution in [1.82, 2.24) is 4.90 Å². The SMILES string of the molecule is C.CN1C2CCC1c1ccccc12. The van der Waals surface area contributed by atoms with Gasteiger partial charge in [-0.3, -0.25) is 4.90 Å². The van der Waals surface area contributed by atoms with Crippen LogP contribution in [0, 0.1) is 0 Å². The Morgan fingerprint density at radius 1 is 1.08 bits per heavy atom. The summed E-state index contributed by atoms with van der Waals surface area (Å²) in [6.45, 7) is 0. The molecule has 0 radical (unpaired) electrons. The Hall–Kier alpha value is -0.820. The molecule has 2 unspecified atom stereocenters. The average molecular weight is 175 g/mol. The highest BCUT2D eigenvalue weighted by Crippen LogP contribution is 2.51. The molecule has 1 aromatic rings. The number of fused-ring (bicyclic) bond motifs is 5. The van der Waals surface area contributed by atoms with Crippen LogP contribution in [0.15, 0.2) is 24.3 Å². The van der Waals surface area contributed by atoms with Gasteiger partial charge in [0.2, 0.25) is 0 Å². The minimum absolute atomic E-state index is 0. The van der Waals surface area contributed by atoms with Gasteiger partial charge in [0.15, 0.2) is 0 Å². The van der Waals surface area contributed by atoms with Gasteiger partial charge in [0.1, 0.15) is 0 Å². The molecule has 2 heterocycles. The Morgan fingerprint density at radius 2 is 1.54 bits per heavy atom. The van der Waals surface area contributed by atoms with E-state index in [2.05, 4.69) is 36.2 Å². The summed E-state index contributed by atoms with van der Waals surface area (Å²) in [6, 6.07) is 10.4. The van der Waals surface area contributed by atoms with Crippen molar-refractivity contribution >= 4 is 0 Å². The molecule has 2 bridgehead atoms. The van der Waals surface area contributed by atoms with E-state index in [4.69, 9.17) is 0 Å². The molecule has 0 N–H and O–H groups in total. The summed E-state index contributed by atoms with van der Waals surface area (Å²) < 4.78 is 0. The predicted molar refractivity (Wildman–Crippen MR) is 55.7 cm³/mol. The van der Waals surface area contributed by atoms with Gasteiger partial charge in [-0.1, -0.05) is 31.7 Å². The molecule has 1 heteroatoms. The van der Waals surface area contributed by atoms with Gasteiger partial charge >= 0.3 is 0 Å². The minimum atomic E-state index is 0. The molecule has 1 fully saturated rings. The van der Waals surface area contributed by atoms with Crippen LogP contribution in [0.5, 0.6) is 0 Å². The van der Waals surface area contributed by atoms with Crippen LogP contribution in [0.2, 0.25) is 0 Å². The topological polar surface area (TPSA) is 3.24 Å². The van der Waals surface area contributed by atoms with Crippen LogP contribution < -0.4 is 0 Å². The van der Waals surface area contributed by atoms with Crippen LogP contribution in [-0.2, 0) is 0 Å². The van der Waals surface area contributed by atoms with Crippen molar-refractivity contribution < 1.29 is 0 Å². The fraction of sp³-hybridized carbons (Fsp3) is 0.500. The zero-order valence-corrected chi connectivity index (χ0v) is 7.33. The van der Waals surface area contributed by atoms with E-state index in [0.29, 0.717) is 0 Å². The Kier molecular flexibility index (Phi) is 1.92. The minimum Gasteiger partial charge on any atom is -0.292 e. The van der Waals surface area contributed by atoms with E-state index in [0.717, 1.165) is 12.1 Å². The van der Waals surface area contributed by atoms with Crippen molar-refractivity contribution in [2.75, 3.05) is 7.05 Å². The van der Waals surface area contributed by atoms with Crippen molar-refractivity contribution in [2.45, 2.75) is 32.4 Å². The van der Waals surface area contributed by atoms with Gasteiger partial charge in [-0.2, -0.15) is 0 Å². The molecular formula is C12H17N. The van der Waals surface area contributed by atoms with Crippen molar-refractivity contribution in [3.63, 3.8) is 0 Å². The van der Waals surface area contributed by atoms with Crippen LogP contribution in [0.25, 0.3) is 0 Å². The zero-order valence-electron chi connectivity index (χ0n) is 7.33. The van der Waals surface area contributed by atoms with Gasteiger partial charge in [0.05, 0.1) is 0 Å². The lowest BCUT2D eigenvalue weighted by atomic mass is 9.92. The predicted octanol–water partition coefficient (Wildman–Crippen LogP) is 3.14. The summed E-state index contributed by atoms with van der Waals surface area (Å²) in [6.07, 6.45) is 2.72. The summed E-state index contributed by atoms with van der Waals surface area (Å²) in [7, 11) is 2.25. The summed E-state index contributed by atoms with van der Waals surface area (Å²) in [5, 5.41) is 0. The first-order chi connectivity index (χ1) is 5.88. The summed E-state index contributed by atoms with van der Waals surface area (Å²) >= 11 is 0. The highest BCUT2D eigenvalue weighted by molar-refractivity contribution is 5.39. The van der Waals surface area contributed by atoms with E-state index < -0.39 is 0 Å². The highest BCUT2D eigenvalue weighted by atomic mass is 15.2. The van der Waals surface area contributed by atoms with Crippen LogP contribution in [0.1, 0.15) is 43.5 Å². The largest absolute Gasteiger partial charge is 0.292 e. The quantitative estimate of drug-likeness (QED) is 0.585. The van der Waals surface area contributed by atoms with Crippen molar-refractivity contribution in [2.24, 2.45) is 0 Å². The second-order valence-electron chi connectivity index (χ2n) is 3.90. The van der Waals surface area contributed by atoms with Gasteiger partial charge in [0, 0.05) is 12.1 Å². The van der Waals surface area contributed by atoms with Crippen LogP contribution in [0.3, 0.4) is 0 Å². The third-order valence-corrected chi connectivity index (χ3v) is 3.41. The number of hydrogen-bond acceptors (Lipinski definition) is 1. The Bertz CT molecular complexity index is 288. The van der Waals surface area contributed by atoms with Crippen molar-refractivity contribution in [3.8, 4) is 0 Å². The average Bonchev–Trinajstić information content (AvgIpc) is 2.61. The van der Waals surface area contributed by atoms with E-state index in [1.807, 2.05) is 0 Å².